The van der Waals surface area contributed by atoms with Crippen molar-refractivity contribution in [1.29, 1.82) is 0 Å². The summed E-state index contributed by atoms with van der Waals surface area (Å²) in [5.41, 5.74) is 22.8. The molecule has 0 radical (unpaired) electrons. The van der Waals surface area contributed by atoms with E-state index in [1.54, 1.807) is 0 Å². The van der Waals surface area contributed by atoms with Gasteiger partial charge in [-0.1, -0.05) is 0 Å². The van der Waals surface area contributed by atoms with Crippen LogP contribution in [0.25, 0.3) is 0 Å². The summed E-state index contributed by atoms with van der Waals surface area (Å²) in [4.78, 5) is 0. The Bertz CT molecular complexity index is 558. The number of nitrogens with two attached hydrogens (primary N) is 4. The molecule has 27 heavy (non-hydrogen) atoms. The van der Waals surface area contributed by atoms with Gasteiger partial charge in [-0.3, -0.25) is 9.11 Å². The van der Waals surface area contributed by atoms with Crippen molar-refractivity contribution in [2.24, 2.45) is 22.9 Å². The van der Waals surface area contributed by atoms with E-state index in [4.69, 9.17) is 49.9 Å². The molecule has 2 rings (SSSR count). The van der Waals surface area contributed by atoms with Crippen LogP contribution in [0.2, 0.25) is 0 Å². The third kappa shape index (κ3) is 6.79. The second-order valence-electron chi connectivity index (χ2n) is 6.43. The smallest absolute Gasteiger partial charge is 0.389 e. The van der Waals surface area contributed by atoms with E-state index in [-0.39, 0.29) is 13.0 Å². The average molecular weight is 420 g/mol. The molecular weight excluding hydrogens is 392 g/mol. The summed E-state index contributed by atoms with van der Waals surface area (Å²) in [5, 5.41) is 39.6. The Labute approximate surface area is 155 Å². The summed E-state index contributed by atoms with van der Waals surface area (Å²) in [7, 11) is -4.67. The van der Waals surface area contributed by atoms with Gasteiger partial charge in [-0.25, -0.2) is 0 Å². The minimum atomic E-state index is -4.67. The van der Waals surface area contributed by atoms with E-state index < -0.39 is 71.4 Å². The number of rotatable bonds is 3. The summed E-state index contributed by atoms with van der Waals surface area (Å²) in [6.45, 7) is -0.0441. The van der Waals surface area contributed by atoms with Crippen LogP contribution in [0.15, 0.2) is 0 Å². The van der Waals surface area contributed by atoms with E-state index in [2.05, 4.69) is 0 Å². The lowest BCUT2D eigenvalue weighted by molar-refractivity contribution is -0.287. The Balaban J connectivity index is 0.000000646. The quantitative estimate of drug-likeness (QED) is 0.190. The molecule has 1 aliphatic carbocycles. The number of hydrogen-bond acceptors (Lipinski definition) is 12. The number of aliphatic hydroxyl groups excluding tert-OH is 4. The normalized spacial score (nSPS) is 45.7. The summed E-state index contributed by atoms with van der Waals surface area (Å²) >= 11 is 0. The summed E-state index contributed by atoms with van der Waals surface area (Å²) in [6, 6.07) is -2.34. The largest absolute Gasteiger partial charge is 0.394 e. The zero-order valence-corrected chi connectivity index (χ0v) is 15.0. The van der Waals surface area contributed by atoms with Crippen molar-refractivity contribution < 1.29 is 47.4 Å². The molecular formula is C12H28N4O10S. The maximum atomic E-state index is 10.1. The van der Waals surface area contributed by atoms with Gasteiger partial charge in [0, 0.05) is 18.6 Å². The van der Waals surface area contributed by atoms with E-state index in [9.17, 15) is 20.4 Å². The van der Waals surface area contributed by atoms with Crippen molar-refractivity contribution >= 4 is 10.4 Å². The van der Waals surface area contributed by atoms with Crippen LogP contribution >= 0.6 is 0 Å². The molecule has 0 aromatic heterocycles. The van der Waals surface area contributed by atoms with E-state index in [0.717, 1.165) is 0 Å². The minimum absolute atomic E-state index is 0.0441. The SMILES string of the molecule is NC[C@H]1O[C@H](O[C@H]2[C@H](O)[C@@H](O)[C@H](N)C[C@@H]2N)[C@H](N)[C@@H](O)[C@@H]1O.O=S(=O)(O)O. The molecule has 10 atom stereocenters. The van der Waals surface area contributed by atoms with Crippen LogP contribution in [0.3, 0.4) is 0 Å². The van der Waals surface area contributed by atoms with Gasteiger partial charge < -0.3 is 52.8 Å². The van der Waals surface area contributed by atoms with Gasteiger partial charge in [-0.2, -0.15) is 8.42 Å². The second-order valence-corrected chi connectivity index (χ2v) is 7.33. The summed E-state index contributed by atoms with van der Waals surface area (Å²) < 4.78 is 42.6. The van der Waals surface area contributed by atoms with Crippen molar-refractivity contribution in [3.63, 3.8) is 0 Å². The lowest BCUT2D eigenvalue weighted by Gasteiger charge is -2.45. The third-order valence-corrected chi connectivity index (χ3v) is 4.36. The monoisotopic (exact) mass is 420 g/mol. The molecule has 0 amide bonds. The van der Waals surface area contributed by atoms with Crippen LogP contribution in [-0.4, -0.2) is 106 Å². The Morgan fingerprint density at radius 1 is 0.926 bits per heavy atom. The molecule has 0 aromatic rings. The fourth-order valence-electron chi connectivity index (χ4n) is 2.89. The van der Waals surface area contributed by atoms with Crippen molar-refractivity contribution in [2.45, 2.75) is 67.5 Å². The Morgan fingerprint density at radius 3 is 1.93 bits per heavy atom. The van der Waals surface area contributed by atoms with Gasteiger partial charge in [0.05, 0.1) is 12.1 Å². The van der Waals surface area contributed by atoms with Gasteiger partial charge in [0.25, 0.3) is 0 Å². The van der Waals surface area contributed by atoms with Gasteiger partial charge in [0.1, 0.15) is 30.5 Å². The molecule has 14 nitrogen and oxygen atoms in total. The lowest BCUT2D eigenvalue weighted by atomic mass is 9.84. The first kappa shape index (κ1) is 24.5. The third-order valence-electron chi connectivity index (χ3n) is 4.36. The van der Waals surface area contributed by atoms with E-state index in [1.807, 2.05) is 0 Å². The first-order chi connectivity index (χ1) is 12.3. The lowest BCUT2D eigenvalue weighted by Crippen LogP contribution is -2.67. The highest BCUT2D eigenvalue weighted by molar-refractivity contribution is 7.79. The summed E-state index contributed by atoms with van der Waals surface area (Å²) in [5.74, 6) is 0. The van der Waals surface area contributed by atoms with Crippen LogP contribution in [0.4, 0.5) is 0 Å². The first-order valence-corrected chi connectivity index (χ1v) is 9.37. The predicted octanol–water partition coefficient (Wildman–Crippen LogP) is -5.77. The van der Waals surface area contributed by atoms with E-state index >= 15 is 0 Å². The standard InChI is InChI=1S/C12H26N4O6.H2O4S/c13-2-5-8(18)9(19)6(16)12(21-5)22-11-4(15)1-3(14)7(17)10(11)20;1-5(2,3)4/h3-12,17-20H,1-2,13-16H2;(H2,1,2,3,4)/t3-,4+,5-,6-,7+,8-,9-,10-,11-,12-;/m1./s1. The molecule has 162 valence electrons. The van der Waals surface area contributed by atoms with Gasteiger partial charge in [0.15, 0.2) is 6.29 Å². The van der Waals surface area contributed by atoms with Crippen molar-refractivity contribution in [1.82, 2.24) is 0 Å². The molecule has 2 fully saturated rings. The molecule has 0 unspecified atom stereocenters. The van der Waals surface area contributed by atoms with Crippen LogP contribution in [0, 0.1) is 0 Å². The van der Waals surface area contributed by atoms with E-state index in [0.29, 0.717) is 0 Å². The molecule has 2 aliphatic rings. The highest BCUT2D eigenvalue weighted by atomic mass is 32.3. The second kappa shape index (κ2) is 9.79. The average Bonchev–Trinajstić information content (AvgIpc) is 2.55. The van der Waals surface area contributed by atoms with Crippen molar-refractivity contribution in [3.8, 4) is 0 Å². The molecule has 0 bridgehead atoms. The van der Waals surface area contributed by atoms with Crippen molar-refractivity contribution in [3.05, 3.63) is 0 Å². The van der Waals surface area contributed by atoms with Crippen LogP contribution in [0.5, 0.6) is 0 Å². The molecule has 1 saturated carbocycles. The molecule has 15 heteroatoms. The van der Waals surface area contributed by atoms with Crippen LogP contribution in [-0.2, 0) is 19.9 Å². The van der Waals surface area contributed by atoms with Gasteiger partial charge >= 0.3 is 10.4 Å². The zero-order chi connectivity index (χ0) is 21.1. The Hall–Kier alpha value is -0.530. The maximum Gasteiger partial charge on any atom is 0.394 e. The fraction of sp³-hybridized carbons (Fsp3) is 1.00. The predicted molar refractivity (Wildman–Crippen MR) is 89.3 cm³/mol. The molecule has 0 aromatic carbocycles. The maximum absolute atomic E-state index is 10.1. The Kier molecular flexibility index (Phi) is 8.89. The van der Waals surface area contributed by atoms with E-state index in [1.165, 1.54) is 0 Å². The molecule has 1 heterocycles. The molecule has 14 N–H and O–H groups in total. The van der Waals surface area contributed by atoms with Gasteiger partial charge in [-0.05, 0) is 6.42 Å². The molecule has 0 spiro atoms. The summed E-state index contributed by atoms with van der Waals surface area (Å²) in [6.07, 6.45) is -7.73. The zero-order valence-electron chi connectivity index (χ0n) is 14.2. The van der Waals surface area contributed by atoms with Gasteiger partial charge in [0.2, 0.25) is 0 Å². The number of ether oxygens (including phenoxy) is 2. The van der Waals surface area contributed by atoms with Crippen LogP contribution in [0.1, 0.15) is 6.42 Å². The van der Waals surface area contributed by atoms with Crippen molar-refractivity contribution in [2.75, 3.05) is 6.54 Å². The van der Waals surface area contributed by atoms with Gasteiger partial charge in [-0.15, -0.1) is 0 Å². The minimum Gasteiger partial charge on any atom is -0.389 e. The molecule has 1 saturated heterocycles. The number of aliphatic hydroxyl groups is 4. The highest BCUT2D eigenvalue weighted by Crippen LogP contribution is 2.26. The first-order valence-electron chi connectivity index (χ1n) is 7.97. The topological polar surface area (TPSA) is 278 Å². The fourth-order valence-corrected chi connectivity index (χ4v) is 2.89. The number of hydrogen-bond donors (Lipinski definition) is 10. The highest BCUT2D eigenvalue weighted by Gasteiger charge is 2.47. The molecule has 1 aliphatic heterocycles. The van der Waals surface area contributed by atoms with Crippen LogP contribution < -0.4 is 22.9 Å². The Morgan fingerprint density at radius 2 is 1.44 bits per heavy atom.